The predicted molar refractivity (Wildman–Crippen MR) is 81.1 cm³/mol. The van der Waals surface area contributed by atoms with E-state index < -0.39 is 29.3 Å². The Labute approximate surface area is 135 Å². The highest BCUT2D eigenvalue weighted by Crippen LogP contribution is 2.30. The number of hydrogen-bond acceptors (Lipinski definition) is 3. The van der Waals surface area contributed by atoms with Gasteiger partial charge in [-0.3, -0.25) is 14.2 Å². The molecule has 1 aromatic heterocycles. The number of amides is 1. The summed E-state index contributed by atoms with van der Waals surface area (Å²) in [5.41, 5.74) is -1.37. The first-order valence-corrected chi connectivity index (χ1v) is 7.05. The molecule has 0 saturated carbocycles. The van der Waals surface area contributed by atoms with Gasteiger partial charge < -0.3 is 10.4 Å². The van der Waals surface area contributed by atoms with Crippen molar-refractivity contribution in [3.8, 4) is 5.69 Å². The fourth-order valence-electron chi connectivity index (χ4n) is 2.00. The third-order valence-electron chi connectivity index (χ3n) is 3.18. The molecule has 8 heteroatoms. The summed E-state index contributed by atoms with van der Waals surface area (Å²) >= 11 is 0. The van der Waals surface area contributed by atoms with Crippen LogP contribution in [0.3, 0.4) is 0 Å². The third-order valence-corrected chi connectivity index (χ3v) is 3.18. The quantitative estimate of drug-likeness (QED) is 0.894. The molecule has 2 aromatic rings. The number of carbonyl (C=O) groups is 1. The first-order valence-electron chi connectivity index (χ1n) is 7.05. The number of nitrogens with zero attached hydrogens (tertiary/aromatic N) is 1. The van der Waals surface area contributed by atoms with Gasteiger partial charge in [0.15, 0.2) is 0 Å². The minimum absolute atomic E-state index is 0.00000115. The molecule has 0 saturated heterocycles. The van der Waals surface area contributed by atoms with Gasteiger partial charge >= 0.3 is 6.18 Å². The lowest BCUT2D eigenvalue weighted by atomic mass is 10.2. The van der Waals surface area contributed by atoms with Gasteiger partial charge in [-0.25, -0.2) is 0 Å². The van der Waals surface area contributed by atoms with Gasteiger partial charge in [0.05, 0.1) is 17.2 Å². The number of aliphatic hydroxyl groups is 1. The molecule has 0 fully saturated rings. The van der Waals surface area contributed by atoms with E-state index in [1.807, 2.05) is 0 Å². The maximum atomic E-state index is 12.8. The minimum Gasteiger partial charge on any atom is -0.392 e. The van der Waals surface area contributed by atoms with Crippen molar-refractivity contribution in [2.75, 3.05) is 6.54 Å². The number of halogens is 3. The number of benzene rings is 1. The van der Waals surface area contributed by atoms with Crippen LogP contribution >= 0.6 is 0 Å². The van der Waals surface area contributed by atoms with Crippen LogP contribution in [0, 0.1) is 0 Å². The van der Waals surface area contributed by atoms with Crippen LogP contribution in [0.15, 0.2) is 47.4 Å². The molecule has 1 aromatic carbocycles. The van der Waals surface area contributed by atoms with E-state index in [1.165, 1.54) is 25.1 Å². The summed E-state index contributed by atoms with van der Waals surface area (Å²) in [7, 11) is 0. The zero-order valence-electron chi connectivity index (χ0n) is 12.7. The monoisotopic (exact) mass is 340 g/mol. The second-order valence-corrected chi connectivity index (χ2v) is 5.23. The normalized spacial score (nSPS) is 12.7. The predicted octanol–water partition coefficient (Wildman–Crippen LogP) is 1.97. The lowest BCUT2D eigenvalue weighted by Gasteiger charge is -2.12. The maximum absolute atomic E-state index is 12.8. The molecule has 0 radical (unpaired) electrons. The number of rotatable bonds is 4. The van der Waals surface area contributed by atoms with Crippen LogP contribution in [0.5, 0.6) is 0 Å². The molecular formula is C16H15F3N2O3. The molecule has 24 heavy (non-hydrogen) atoms. The molecule has 0 spiro atoms. The van der Waals surface area contributed by atoms with E-state index in [-0.39, 0.29) is 17.8 Å². The second-order valence-electron chi connectivity index (χ2n) is 5.23. The molecule has 1 heterocycles. The van der Waals surface area contributed by atoms with Gasteiger partial charge in [0.25, 0.3) is 11.5 Å². The molecule has 128 valence electrons. The highest BCUT2D eigenvalue weighted by atomic mass is 19.4. The van der Waals surface area contributed by atoms with E-state index in [1.54, 1.807) is 0 Å². The lowest BCUT2D eigenvalue weighted by molar-refractivity contribution is -0.137. The van der Waals surface area contributed by atoms with Crippen LogP contribution in [0.4, 0.5) is 13.2 Å². The van der Waals surface area contributed by atoms with Crippen LogP contribution in [-0.4, -0.2) is 28.2 Å². The van der Waals surface area contributed by atoms with Crippen molar-refractivity contribution >= 4 is 5.91 Å². The molecule has 0 bridgehead atoms. The van der Waals surface area contributed by atoms with Gasteiger partial charge in [0, 0.05) is 24.5 Å². The molecule has 0 aliphatic rings. The number of alkyl halides is 3. The molecule has 1 atom stereocenters. The molecule has 0 aliphatic heterocycles. The zero-order valence-corrected chi connectivity index (χ0v) is 12.7. The highest BCUT2D eigenvalue weighted by Gasteiger charge is 2.30. The number of carbonyl (C=O) groups excluding carboxylic acids is 1. The first kappa shape index (κ1) is 17.7. The van der Waals surface area contributed by atoms with E-state index in [9.17, 15) is 22.8 Å². The smallest absolute Gasteiger partial charge is 0.392 e. The van der Waals surface area contributed by atoms with Crippen LogP contribution in [0.1, 0.15) is 22.8 Å². The Morgan fingerprint density at radius 3 is 2.62 bits per heavy atom. The molecule has 2 rings (SSSR count). The van der Waals surface area contributed by atoms with Crippen LogP contribution in [-0.2, 0) is 6.18 Å². The maximum Gasteiger partial charge on any atom is 0.416 e. The summed E-state index contributed by atoms with van der Waals surface area (Å²) in [6.45, 7) is 1.51. The lowest BCUT2D eigenvalue weighted by Crippen LogP contribution is -2.31. The van der Waals surface area contributed by atoms with E-state index in [0.717, 1.165) is 29.0 Å². The van der Waals surface area contributed by atoms with Gasteiger partial charge in [-0.2, -0.15) is 13.2 Å². The number of nitrogens with one attached hydrogen (secondary N) is 1. The van der Waals surface area contributed by atoms with Crippen molar-refractivity contribution in [1.29, 1.82) is 0 Å². The number of aromatic nitrogens is 1. The molecule has 5 nitrogen and oxygen atoms in total. The average molecular weight is 340 g/mol. The number of hydrogen-bond donors (Lipinski definition) is 2. The Balaban J connectivity index is 2.39. The Morgan fingerprint density at radius 2 is 2.00 bits per heavy atom. The van der Waals surface area contributed by atoms with Gasteiger partial charge in [0.1, 0.15) is 0 Å². The summed E-state index contributed by atoms with van der Waals surface area (Å²) in [5, 5.41) is 11.6. The van der Waals surface area contributed by atoms with Crippen molar-refractivity contribution in [1.82, 2.24) is 9.88 Å². The van der Waals surface area contributed by atoms with Gasteiger partial charge in [-0.15, -0.1) is 0 Å². The fourth-order valence-corrected chi connectivity index (χ4v) is 2.00. The van der Waals surface area contributed by atoms with Crippen molar-refractivity contribution in [2.45, 2.75) is 19.2 Å². The van der Waals surface area contributed by atoms with Crippen LogP contribution < -0.4 is 10.9 Å². The van der Waals surface area contributed by atoms with Gasteiger partial charge in [-0.05, 0) is 31.2 Å². The third kappa shape index (κ3) is 4.23. The summed E-state index contributed by atoms with van der Waals surface area (Å²) in [6, 6.07) is 6.62. The van der Waals surface area contributed by atoms with E-state index in [2.05, 4.69) is 5.32 Å². The Morgan fingerprint density at radius 1 is 1.29 bits per heavy atom. The topological polar surface area (TPSA) is 71.3 Å². The summed E-state index contributed by atoms with van der Waals surface area (Å²) < 4.78 is 39.3. The second kappa shape index (κ2) is 6.88. The number of aliphatic hydroxyl groups excluding tert-OH is 1. The Hall–Kier alpha value is -2.61. The molecule has 0 aliphatic carbocycles. The molecule has 2 N–H and O–H groups in total. The molecule has 1 amide bonds. The van der Waals surface area contributed by atoms with Crippen LogP contribution in [0.25, 0.3) is 5.69 Å². The molecule has 0 unspecified atom stereocenters. The minimum atomic E-state index is -4.54. The van der Waals surface area contributed by atoms with Crippen molar-refractivity contribution in [3.63, 3.8) is 0 Å². The summed E-state index contributed by atoms with van der Waals surface area (Å²) in [6.07, 6.45) is -4.12. The highest BCUT2D eigenvalue weighted by molar-refractivity contribution is 5.93. The largest absolute Gasteiger partial charge is 0.416 e. The van der Waals surface area contributed by atoms with Crippen molar-refractivity contribution < 1.29 is 23.1 Å². The van der Waals surface area contributed by atoms with Gasteiger partial charge in [-0.1, -0.05) is 6.07 Å². The summed E-state index contributed by atoms with van der Waals surface area (Å²) in [4.78, 5) is 23.9. The van der Waals surface area contributed by atoms with Gasteiger partial charge in [0.2, 0.25) is 0 Å². The SMILES string of the molecule is C[C@@H](O)CNC(=O)c1ccc(=O)n(-c2cccc(C(F)(F)F)c2)c1. The zero-order chi connectivity index (χ0) is 17.9. The van der Waals surface area contributed by atoms with E-state index in [4.69, 9.17) is 5.11 Å². The standard InChI is InChI=1S/C16H15F3N2O3/c1-10(22)8-20-15(24)11-5-6-14(23)21(9-11)13-4-2-3-12(7-13)16(17,18)19/h2-7,9-10,22H,8H2,1H3,(H,20,24)/t10-/m1/s1. The molecular weight excluding hydrogens is 325 g/mol. The summed E-state index contributed by atoms with van der Waals surface area (Å²) in [5.74, 6) is -0.545. The van der Waals surface area contributed by atoms with Crippen LogP contribution in [0.2, 0.25) is 0 Å². The van der Waals surface area contributed by atoms with E-state index in [0.29, 0.717) is 0 Å². The van der Waals surface area contributed by atoms with Crippen molar-refractivity contribution in [2.24, 2.45) is 0 Å². The average Bonchev–Trinajstić information content (AvgIpc) is 2.52. The Kier molecular flexibility index (Phi) is 5.08. The Bertz CT molecular complexity index is 798. The fraction of sp³-hybridized carbons (Fsp3) is 0.250. The first-order chi connectivity index (χ1) is 11.2. The van der Waals surface area contributed by atoms with E-state index >= 15 is 0 Å². The van der Waals surface area contributed by atoms with Crippen molar-refractivity contribution in [3.05, 3.63) is 64.1 Å². The number of pyridine rings is 1.